The molecule has 0 fully saturated rings. The number of nitrogen functional groups attached to an aromatic ring is 1. The monoisotopic (exact) mass is 431 g/mol. The molecule has 0 saturated heterocycles. The van der Waals surface area contributed by atoms with Crippen LogP contribution in [-0.4, -0.2) is 37.8 Å². The molecular weight excluding hydrogens is 398 g/mol. The molecular formula is C26H33N5O. The molecule has 0 spiro atoms. The Morgan fingerprint density at radius 2 is 2.03 bits per heavy atom. The van der Waals surface area contributed by atoms with E-state index in [0.29, 0.717) is 19.2 Å². The van der Waals surface area contributed by atoms with Crippen molar-refractivity contribution >= 4 is 11.4 Å². The van der Waals surface area contributed by atoms with Crippen LogP contribution in [0.3, 0.4) is 0 Å². The number of hydrogen-bond acceptors (Lipinski definition) is 6. The summed E-state index contributed by atoms with van der Waals surface area (Å²) in [6.45, 7) is 3.85. The first-order valence-corrected chi connectivity index (χ1v) is 11.4. The summed E-state index contributed by atoms with van der Waals surface area (Å²) in [4.78, 5) is 7.07. The number of fused-ring (bicyclic) bond motifs is 1. The topological polar surface area (TPSA) is 75.4 Å². The van der Waals surface area contributed by atoms with Crippen molar-refractivity contribution in [1.82, 2.24) is 15.6 Å². The van der Waals surface area contributed by atoms with Gasteiger partial charge in [-0.15, -0.1) is 0 Å². The molecule has 32 heavy (non-hydrogen) atoms. The summed E-state index contributed by atoms with van der Waals surface area (Å²) in [5.41, 5.74) is 11.5. The Balaban J connectivity index is 1.63. The van der Waals surface area contributed by atoms with E-state index < -0.39 is 0 Å². The summed E-state index contributed by atoms with van der Waals surface area (Å²) in [6.07, 6.45) is 3.86. The molecule has 2 heterocycles. The van der Waals surface area contributed by atoms with Crippen LogP contribution in [0.5, 0.6) is 5.75 Å². The fourth-order valence-electron chi connectivity index (χ4n) is 4.28. The Kier molecular flexibility index (Phi) is 7.59. The molecule has 1 aromatic heterocycles. The normalized spacial score (nSPS) is 15.8. The second-order valence-corrected chi connectivity index (χ2v) is 8.22. The number of likely N-dealkylation sites (N-methyl/N-ethyl adjacent to an activating group) is 1. The standard InChI is InChI=1S/C26H33N5O/c1-28-14-15-32-26-9-5-8-25-24(26)18-29-17-23(11-10-20-6-3-2-4-7-20)31(25)19-22-16-21(27)12-13-30-22/h2-9,12-13,16,23,28-29H,10-11,14-15,17-19H2,1H3,(H2,27,30)/t23-/m0/s1. The van der Waals surface area contributed by atoms with Crippen molar-refractivity contribution in [2.75, 3.05) is 37.4 Å². The fourth-order valence-corrected chi connectivity index (χ4v) is 4.28. The molecule has 4 N–H and O–H groups in total. The number of ether oxygens (including phenoxy) is 1. The summed E-state index contributed by atoms with van der Waals surface area (Å²) in [7, 11) is 1.94. The summed E-state index contributed by atoms with van der Waals surface area (Å²) < 4.78 is 6.12. The van der Waals surface area contributed by atoms with Crippen LogP contribution in [0.25, 0.3) is 0 Å². The molecule has 6 nitrogen and oxygen atoms in total. The summed E-state index contributed by atoms with van der Waals surface area (Å²) in [6, 6.07) is 21.2. The van der Waals surface area contributed by atoms with Gasteiger partial charge in [0.2, 0.25) is 0 Å². The van der Waals surface area contributed by atoms with Crippen molar-refractivity contribution in [2.45, 2.75) is 32.0 Å². The average Bonchev–Trinajstić information content (AvgIpc) is 2.98. The maximum atomic E-state index is 6.12. The molecule has 0 radical (unpaired) electrons. The first-order valence-electron chi connectivity index (χ1n) is 11.4. The number of aromatic nitrogens is 1. The van der Waals surface area contributed by atoms with Gasteiger partial charge in [0.15, 0.2) is 0 Å². The number of pyridine rings is 1. The van der Waals surface area contributed by atoms with E-state index in [-0.39, 0.29) is 0 Å². The summed E-state index contributed by atoms with van der Waals surface area (Å²) >= 11 is 0. The number of anilines is 2. The Labute approximate surface area is 190 Å². The zero-order valence-electron chi connectivity index (χ0n) is 18.8. The Morgan fingerprint density at radius 1 is 1.16 bits per heavy atom. The van der Waals surface area contributed by atoms with E-state index in [1.165, 1.54) is 16.8 Å². The highest BCUT2D eigenvalue weighted by molar-refractivity contribution is 5.61. The van der Waals surface area contributed by atoms with Crippen molar-refractivity contribution in [2.24, 2.45) is 0 Å². The molecule has 168 valence electrons. The van der Waals surface area contributed by atoms with Gasteiger partial charge in [-0.1, -0.05) is 36.4 Å². The lowest BCUT2D eigenvalue weighted by Crippen LogP contribution is -2.40. The highest BCUT2D eigenvalue weighted by Crippen LogP contribution is 2.34. The van der Waals surface area contributed by atoms with Crippen molar-refractivity contribution < 1.29 is 4.74 Å². The van der Waals surface area contributed by atoms with Gasteiger partial charge in [0.1, 0.15) is 12.4 Å². The van der Waals surface area contributed by atoms with E-state index in [1.807, 2.05) is 19.2 Å². The smallest absolute Gasteiger partial charge is 0.125 e. The molecule has 0 saturated carbocycles. The number of nitrogens with one attached hydrogen (secondary N) is 2. The van der Waals surface area contributed by atoms with Crippen LogP contribution in [0.2, 0.25) is 0 Å². The van der Waals surface area contributed by atoms with E-state index in [2.05, 4.69) is 69.0 Å². The maximum absolute atomic E-state index is 6.12. The zero-order chi connectivity index (χ0) is 22.2. The molecule has 0 aliphatic carbocycles. The van der Waals surface area contributed by atoms with E-state index in [9.17, 15) is 0 Å². The van der Waals surface area contributed by atoms with E-state index in [1.54, 1.807) is 6.20 Å². The van der Waals surface area contributed by atoms with Gasteiger partial charge in [-0.3, -0.25) is 4.98 Å². The van der Waals surface area contributed by atoms with Crippen LogP contribution < -0.4 is 26.0 Å². The van der Waals surface area contributed by atoms with Crippen LogP contribution in [0, 0.1) is 0 Å². The lowest BCUT2D eigenvalue weighted by atomic mass is 10.0. The van der Waals surface area contributed by atoms with Gasteiger partial charge in [0, 0.05) is 48.8 Å². The summed E-state index contributed by atoms with van der Waals surface area (Å²) in [5.74, 6) is 0.944. The number of hydrogen-bond donors (Lipinski definition) is 3. The minimum absolute atomic E-state index is 0.326. The molecule has 0 amide bonds. The first kappa shape index (κ1) is 22.1. The number of benzene rings is 2. The summed E-state index contributed by atoms with van der Waals surface area (Å²) in [5, 5.41) is 6.81. The first-order chi connectivity index (χ1) is 15.7. The third-order valence-corrected chi connectivity index (χ3v) is 5.93. The van der Waals surface area contributed by atoms with Crippen LogP contribution in [-0.2, 0) is 19.5 Å². The zero-order valence-corrected chi connectivity index (χ0v) is 18.8. The number of nitrogens with two attached hydrogens (primary N) is 1. The Bertz CT molecular complexity index is 995. The lowest BCUT2D eigenvalue weighted by molar-refractivity contribution is 0.315. The van der Waals surface area contributed by atoms with Crippen LogP contribution >= 0.6 is 0 Å². The SMILES string of the molecule is CNCCOc1cccc2c1CNC[C@H](CCc1ccccc1)N2Cc1cc(N)ccn1. The van der Waals surface area contributed by atoms with Crippen LogP contribution in [0.1, 0.15) is 23.2 Å². The highest BCUT2D eigenvalue weighted by atomic mass is 16.5. The second-order valence-electron chi connectivity index (χ2n) is 8.22. The Hall–Kier alpha value is -3.09. The predicted octanol–water partition coefficient (Wildman–Crippen LogP) is 3.37. The molecule has 1 atom stereocenters. The molecule has 6 heteroatoms. The van der Waals surface area contributed by atoms with Crippen LogP contribution in [0.15, 0.2) is 66.9 Å². The van der Waals surface area contributed by atoms with E-state index >= 15 is 0 Å². The molecule has 2 aromatic carbocycles. The molecule has 0 bridgehead atoms. The fraction of sp³-hybridized carbons (Fsp3) is 0.346. The molecule has 1 aliphatic heterocycles. The molecule has 3 aromatic rings. The minimum Gasteiger partial charge on any atom is -0.492 e. The van der Waals surface area contributed by atoms with Gasteiger partial charge < -0.3 is 26.0 Å². The van der Waals surface area contributed by atoms with Gasteiger partial charge >= 0.3 is 0 Å². The van der Waals surface area contributed by atoms with Gasteiger partial charge in [0.25, 0.3) is 0 Å². The third-order valence-electron chi connectivity index (χ3n) is 5.93. The lowest BCUT2D eigenvalue weighted by Gasteiger charge is -2.33. The molecule has 0 unspecified atom stereocenters. The van der Waals surface area contributed by atoms with Crippen molar-refractivity contribution in [1.29, 1.82) is 0 Å². The quantitative estimate of drug-likeness (QED) is 0.451. The van der Waals surface area contributed by atoms with Crippen molar-refractivity contribution in [3.63, 3.8) is 0 Å². The predicted molar refractivity (Wildman–Crippen MR) is 131 cm³/mol. The largest absolute Gasteiger partial charge is 0.492 e. The van der Waals surface area contributed by atoms with E-state index in [0.717, 1.165) is 49.6 Å². The Morgan fingerprint density at radius 3 is 2.84 bits per heavy atom. The minimum atomic E-state index is 0.326. The van der Waals surface area contributed by atoms with Crippen molar-refractivity contribution in [3.05, 3.63) is 83.7 Å². The maximum Gasteiger partial charge on any atom is 0.125 e. The van der Waals surface area contributed by atoms with Gasteiger partial charge in [-0.2, -0.15) is 0 Å². The van der Waals surface area contributed by atoms with Gasteiger partial charge in [0.05, 0.1) is 12.2 Å². The molecule has 4 rings (SSSR count). The van der Waals surface area contributed by atoms with Gasteiger partial charge in [-0.05, 0) is 49.7 Å². The van der Waals surface area contributed by atoms with E-state index in [4.69, 9.17) is 10.5 Å². The number of nitrogens with zero attached hydrogens (tertiary/aromatic N) is 2. The molecule has 1 aliphatic rings. The van der Waals surface area contributed by atoms with Gasteiger partial charge in [-0.25, -0.2) is 0 Å². The second kappa shape index (κ2) is 11.0. The third kappa shape index (κ3) is 5.58. The average molecular weight is 432 g/mol. The van der Waals surface area contributed by atoms with Crippen LogP contribution in [0.4, 0.5) is 11.4 Å². The highest BCUT2D eigenvalue weighted by Gasteiger charge is 2.26. The number of rotatable bonds is 9. The van der Waals surface area contributed by atoms with Crippen molar-refractivity contribution in [3.8, 4) is 5.75 Å². The number of aryl methyl sites for hydroxylation is 1.